The van der Waals surface area contributed by atoms with Gasteiger partial charge in [-0.05, 0) is 73.5 Å². The fourth-order valence-electron chi connectivity index (χ4n) is 4.88. The predicted molar refractivity (Wildman–Crippen MR) is 153 cm³/mol. The number of hydrogen-bond acceptors (Lipinski definition) is 7. The van der Waals surface area contributed by atoms with Crippen LogP contribution in [0.1, 0.15) is 43.9 Å². The molecule has 1 aliphatic carbocycles. The number of fused-ring (bicyclic) bond motifs is 1. The van der Waals surface area contributed by atoms with Crippen molar-refractivity contribution in [3.63, 3.8) is 0 Å². The standard InChI is InChI=1S/C31H24Cl2N2O7/c1-41-22-6-4-5-20(15-22)31(40)42-21-12-9-18(10-13-21)27(36)17-34(28(37)19-11-14-25(32)26(33)16-19)35-29(38)23-7-2-3-8-24(23)30(35)39/h2-6,9-16,23-24H,7-8,17H2,1H3/t23-,24-/m1/s1. The summed E-state index contributed by atoms with van der Waals surface area (Å²) in [5, 5.41) is 1.97. The average Bonchev–Trinajstić information content (AvgIpc) is 3.26. The van der Waals surface area contributed by atoms with Gasteiger partial charge in [0.1, 0.15) is 18.0 Å². The van der Waals surface area contributed by atoms with Crippen LogP contribution in [0.3, 0.4) is 0 Å². The number of Topliss-reactive ketones (excluding diaryl/α,β-unsaturated/α-hetero) is 1. The molecule has 1 heterocycles. The number of ketones is 1. The molecule has 1 aliphatic heterocycles. The molecule has 0 spiro atoms. The number of methoxy groups -OCH3 is 1. The van der Waals surface area contributed by atoms with Crippen molar-refractivity contribution in [2.24, 2.45) is 11.8 Å². The smallest absolute Gasteiger partial charge is 0.343 e. The van der Waals surface area contributed by atoms with Gasteiger partial charge >= 0.3 is 5.97 Å². The molecule has 2 aliphatic rings. The third-order valence-electron chi connectivity index (χ3n) is 7.11. The summed E-state index contributed by atoms with van der Waals surface area (Å²) in [6.07, 6.45) is 4.39. The Morgan fingerprint density at radius 3 is 2.07 bits per heavy atom. The molecule has 11 heteroatoms. The Morgan fingerprint density at radius 2 is 1.45 bits per heavy atom. The Hall–Kier alpha value is -4.47. The van der Waals surface area contributed by atoms with E-state index < -0.39 is 47.9 Å². The van der Waals surface area contributed by atoms with Gasteiger partial charge in [0.15, 0.2) is 5.78 Å². The van der Waals surface area contributed by atoms with E-state index >= 15 is 0 Å². The molecule has 3 aromatic carbocycles. The third-order valence-corrected chi connectivity index (χ3v) is 7.85. The van der Waals surface area contributed by atoms with Crippen LogP contribution in [-0.2, 0) is 9.59 Å². The number of imide groups is 1. The molecule has 0 saturated carbocycles. The molecule has 42 heavy (non-hydrogen) atoms. The topological polar surface area (TPSA) is 110 Å². The van der Waals surface area contributed by atoms with Crippen LogP contribution >= 0.6 is 23.2 Å². The number of allylic oxidation sites excluding steroid dienone is 2. The zero-order valence-corrected chi connectivity index (χ0v) is 23.8. The molecule has 0 radical (unpaired) electrons. The molecule has 2 atom stereocenters. The van der Waals surface area contributed by atoms with Gasteiger partial charge in [0, 0.05) is 11.1 Å². The summed E-state index contributed by atoms with van der Waals surface area (Å²) in [5.41, 5.74) is 0.494. The van der Waals surface area contributed by atoms with E-state index in [-0.39, 0.29) is 32.5 Å². The van der Waals surface area contributed by atoms with Gasteiger partial charge in [-0.3, -0.25) is 19.2 Å². The highest BCUT2D eigenvalue weighted by Crippen LogP contribution is 2.36. The van der Waals surface area contributed by atoms with Gasteiger partial charge in [0.2, 0.25) is 0 Å². The van der Waals surface area contributed by atoms with E-state index in [1.165, 1.54) is 55.6 Å². The molecule has 5 rings (SSSR count). The number of rotatable bonds is 8. The third kappa shape index (κ3) is 5.79. The molecule has 0 N–H and O–H groups in total. The summed E-state index contributed by atoms with van der Waals surface area (Å²) < 4.78 is 10.5. The lowest BCUT2D eigenvalue weighted by atomic mass is 9.85. The van der Waals surface area contributed by atoms with Crippen molar-refractivity contribution in [2.75, 3.05) is 13.7 Å². The molecule has 0 aromatic heterocycles. The maximum absolute atomic E-state index is 13.7. The Morgan fingerprint density at radius 1 is 0.810 bits per heavy atom. The van der Waals surface area contributed by atoms with Crippen LogP contribution in [0.4, 0.5) is 0 Å². The fourth-order valence-corrected chi connectivity index (χ4v) is 5.18. The van der Waals surface area contributed by atoms with Crippen molar-refractivity contribution in [1.82, 2.24) is 10.0 Å². The van der Waals surface area contributed by atoms with Crippen molar-refractivity contribution in [2.45, 2.75) is 12.8 Å². The van der Waals surface area contributed by atoms with Crippen molar-refractivity contribution in [1.29, 1.82) is 0 Å². The van der Waals surface area contributed by atoms with Crippen molar-refractivity contribution >= 4 is 52.7 Å². The molecule has 3 amide bonds. The van der Waals surface area contributed by atoms with Crippen LogP contribution in [-0.4, -0.2) is 53.1 Å². The normalized spacial score (nSPS) is 17.5. The first-order chi connectivity index (χ1) is 20.2. The van der Waals surface area contributed by atoms with Crippen LogP contribution in [0, 0.1) is 11.8 Å². The second kappa shape index (κ2) is 12.2. The fraction of sp³-hybridized carbons (Fsp3) is 0.194. The van der Waals surface area contributed by atoms with Crippen LogP contribution in [0.5, 0.6) is 11.5 Å². The summed E-state index contributed by atoms with van der Waals surface area (Å²) >= 11 is 12.1. The van der Waals surface area contributed by atoms with Crippen LogP contribution in [0.15, 0.2) is 78.9 Å². The van der Waals surface area contributed by atoms with E-state index in [0.29, 0.717) is 18.6 Å². The Bertz CT molecular complexity index is 1590. The summed E-state index contributed by atoms with van der Waals surface area (Å²) in [4.78, 5) is 66.3. The van der Waals surface area contributed by atoms with E-state index in [2.05, 4.69) is 0 Å². The lowest BCUT2D eigenvalue weighted by Gasteiger charge is -2.30. The van der Waals surface area contributed by atoms with Gasteiger partial charge in [-0.2, -0.15) is 5.01 Å². The van der Waals surface area contributed by atoms with Crippen molar-refractivity contribution < 1.29 is 33.4 Å². The lowest BCUT2D eigenvalue weighted by molar-refractivity contribution is -0.154. The minimum Gasteiger partial charge on any atom is -0.497 e. The maximum Gasteiger partial charge on any atom is 0.343 e. The van der Waals surface area contributed by atoms with E-state index in [4.69, 9.17) is 32.7 Å². The van der Waals surface area contributed by atoms with Crippen LogP contribution in [0.25, 0.3) is 0 Å². The minimum absolute atomic E-state index is 0.0469. The van der Waals surface area contributed by atoms with Crippen molar-refractivity contribution in [3.8, 4) is 11.5 Å². The lowest BCUT2D eigenvalue weighted by Crippen LogP contribution is -2.52. The first-order valence-corrected chi connectivity index (χ1v) is 13.7. The van der Waals surface area contributed by atoms with E-state index in [9.17, 15) is 24.0 Å². The average molecular weight is 607 g/mol. The van der Waals surface area contributed by atoms with Gasteiger partial charge < -0.3 is 9.47 Å². The van der Waals surface area contributed by atoms with E-state index in [1.807, 2.05) is 12.2 Å². The first-order valence-electron chi connectivity index (χ1n) is 13.0. The molecule has 9 nitrogen and oxygen atoms in total. The largest absolute Gasteiger partial charge is 0.497 e. The predicted octanol–water partition coefficient (Wildman–Crippen LogP) is 5.41. The van der Waals surface area contributed by atoms with E-state index in [1.54, 1.807) is 18.2 Å². The number of carbonyl (C=O) groups excluding carboxylic acids is 5. The highest BCUT2D eigenvalue weighted by molar-refractivity contribution is 6.42. The van der Waals surface area contributed by atoms with Gasteiger partial charge in [-0.1, -0.05) is 41.4 Å². The number of amides is 3. The SMILES string of the molecule is COc1cccc(C(=O)Oc2ccc(C(=O)CN(C(=O)c3ccc(Cl)c(Cl)c3)N3C(=O)[C@@H]4CC=CC[C@H]4C3=O)cc2)c1. The summed E-state index contributed by atoms with van der Waals surface area (Å²) in [6.45, 7) is -0.605. The zero-order valence-electron chi connectivity index (χ0n) is 22.3. The van der Waals surface area contributed by atoms with Gasteiger partial charge in [-0.25, -0.2) is 9.80 Å². The van der Waals surface area contributed by atoms with Gasteiger partial charge in [0.05, 0.1) is 34.6 Å². The number of carbonyl (C=O) groups is 5. The molecule has 3 aromatic rings. The minimum atomic E-state index is -0.765. The second-order valence-corrected chi connectivity index (χ2v) is 10.5. The molecule has 1 saturated heterocycles. The molecule has 1 fully saturated rings. The zero-order chi connectivity index (χ0) is 30.0. The van der Waals surface area contributed by atoms with Gasteiger partial charge in [0.25, 0.3) is 17.7 Å². The number of esters is 1. The number of hydrazine groups is 1. The Labute approximate surface area is 251 Å². The van der Waals surface area contributed by atoms with Gasteiger partial charge in [-0.15, -0.1) is 0 Å². The maximum atomic E-state index is 13.7. The van der Waals surface area contributed by atoms with Crippen LogP contribution < -0.4 is 9.47 Å². The highest BCUT2D eigenvalue weighted by atomic mass is 35.5. The number of ether oxygens (including phenoxy) is 2. The summed E-state index contributed by atoms with van der Waals surface area (Å²) in [6, 6.07) is 16.3. The molecule has 0 unspecified atom stereocenters. The quantitative estimate of drug-likeness (QED) is 0.111. The summed E-state index contributed by atoms with van der Waals surface area (Å²) in [7, 11) is 1.49. The van der Waals surface area contributed by atoms with Crippen LogP contribution in [0.2, 0.25) is 10.0 Å². The number of nitrogens with zero attached hydrogens (tertiary/aromatic N) is 2. The molecular weight excluding hydrogens is 583 g/mol. The number of hydrogen-bond donors (Lipinski definition) is 0. The Kier molecular flexibility index (Phi) is 8.42. The summed E-state index contributed by atoms with van der Waals surface area (Å²) in [5.74, 6) is -3.57. The molecule has 214 valence electrons. The number of halogens is 2. The highest BCUT2D eigenvalue weighted by Gasteiger charge is 2.51. The van der Waals surface area contributed by atoms with Crippen molar-refractivity contribution in [3.05, 3.63) is 106 Å². The number of benzene rings is 3. The molecule has 0 bridgehead atoms. The second-order valence-electron chi connectivity index (χ2n) is 9.70. The van der Waals surface area contributed by atoms with E-state index in [0.717, 1.165) is 10.0 Å². The molecular formula is C31H24Cl2N2O7. The first kappa shape index (κ1) is 29.0. The monoisotopic (exact) mass is 606 g/mol. The Balaban J connectivity index is 1.37.